The minimum absolute atomic E-state index is 0.335. The summed E-state index contributed by atoms with van der Waals surface area (Å²) in [6, 6.07) is 14.7. The van der Waals surface area contributed by atoms with Crippen LogP contribution in [0.1, 0.15) is 31.4 Å². The van der Waals surface area contributed by atoms with E-state index in [-0.39, 0.29) is 5.41 Å². The lowest BCUT2D eigenvalue weighted by atomic mass is 9.65. The number of para-hydroxylation sites is 2. The van der Waals surface area contributed by atoms with Crippen molar-refractivity contribution in [1.82, 2.24) is 0 Å². The van der Waals surface area contributed by atoms with Crippen LogP contribution in [0.15, 0.2) is 94.5 Å². The number of halogens is 1. The molecule has 1 aliphatic carbocycles. The lowest BCUT2D eigenvalue weighted by Crippen LogP contribution is -2.33. The maximum absolute atomic E-state index is 6.34. The molecule has 0 bridgehead atoms. The standard InChI is InChI=1S/C24H21BrO/c1-4-9-17-15-16(3)18(10-5-2)24(17)19-11-6-7-14-22(19)26-23-20(24)12-8-13-21(23)25/h4-14H,1,15H2,2-3H3/b10-5-,17-9+. The summed E-state index contributed by atoms with van der Waals surface area (Å²) in [7, 11) is 0. The second-order valence-corrected chi connectivity index (χ2v) is 7.62. The highest BCUT2D eigenvalue weighted by molar-refractivity contribution is 9.10. The van der Waals surface area contributed by atoms with Crippen molar-refractivity contribution in [3.8, 4) is 11.5 Å². The molecule has 1 heterocycles. The Morgan fingerprint density at radius 1 is 1.12 bits per heavy atom. The highest BCUT2D eigenvalue weighted by Crippen LogP contribution is 2.61. The average molecular weight is 405 g/mol. The summed E-state index contributed by atoms with van der Waals surface area (Å²) >= 11 is 3.70. The lowest BCUT2D eigenvalue weighted by molar-refractivity contribution is 0.431. The van der Waals surface area contributed by atoms with Crippen LogP contribution in [0, 0.1) is 0 Å². The Bertz CT molecular complexity index is 993. The topological polar surface area (TPSA) is 9.23 Å². The van der Waals surface area contributed by atoms with Gasteiger partial charge in [-0.05, 0) is 59.5 Å². The van der Waals surface area contributed by atoms with Gasteiger partial charge in [-0.25, -0.2) is 0 Å². The Hall–Kier alpha value is -2.32. The zero-order valence-electron chi connectivity index (χ0n) is 15.1. The molecule has 0 saturated heterocycles. The molecule has 0 radical (unpaired) electrons. The second kappa shape index (κ2) is 6.44. The molecule has 1 spiro atoms. The molecule has 2 aliphatic rings. The fraction of sp³-hybridized carbons (Fsp3) is 0.167. The van der Waals surface area contributed by atoms with Crippen molar-refractivity contribution in [2.75, 3.05) is 0 Å². The predicted octanol–water partition coefficient (Wildman–Crippen LogP) is 7.25. The molecule has 26 heavy (non-hydrogen) atoms. The van der Waals surface area contributed by atoms with Crippen molar-refractivity contribution < 1.29 is 4.74 Å². The molecule has 4 rings (SSSR count). The third kappa shape index (κ3) is 2.22. The molecule has 0 saturated carbocycles. The average Bonchev–Trinajstić information content (AvgIpc) is 2.90. The molecule has 1 unspecified atom stereocenters. The zero-order valence-corrected chi connectivity index (χ0v) is 16.6. The summed E-state index contributed by atoms with van der Waals surface area (Å²) in [6.07, 6.45) is 9.40. The Morgan fingerprint density at radius 3 is 2.65 bits per heavy atom. The molecule has 0 aromatic heterocycles. The molecule has 0 N–H and O–H groups in total. The number of hydrogen-bond donors (Lipinski definition) is 0. The van der Waals surface area contributed by atoms with Gasteiger partial charge in [0.1, 0.15) is 11.5 Å². The smallest absolute Gasteiger partial charge is 0.146 e. The van der Waals surface area contributed by atoms with Crippen LogP contribution in [0.2, 0.25) is 0 Å². The van der Waals surface area contributed by atoms with Crippen molar-refractivity contribution in [3.05, 3.63) is 106 Å². The van der Waals surface area contributed by atoms with Crippen molar-refractivity contribution in [2.24, 2.45) is 0 Å². The van der Waals surface area contributed by atoms with Gasteiger partial charge in [-0.1, -0.05) is 66.8 Å². The maximum Gasteiger partial charge on any atom is 0.146 e. The van der Waals surface area contributed by atoms with Crippen LogP contribution in [0.3, 0.4) is 0 Å². The van der Waals surface area contributed by atoms with Gasteiger partial charge in [-0.15, -0.1) is 0 Å². The van der Waals surface area contributed by atoms with E-state index in [1.54, 1.807) is 0 Å². The van der Waals surface area contributed by atoms with Crippen LogP contribution in [-0.4, -0.2) is 0 Å². The quantitative estimate of drug-likeness (QED) is 0.511. The van der Waals surface area contributed by atoms with E-state index in [9.17, 15) is 0 Å². The van der Waals surface area contributed by atoms with Crippen molar-refractivity contribution in [2.45, 2.75) is 25.7 Å². The minimum Gasteiger partial charge on any atom is -0.455 e. The van der Waals surface area contributed by atoms with Gasteiger partial charge in [-0.3, -0.25) is 0 Å². The fourth-order valence-corrected chi connectivity index (χ4v) is 4.88. The van der Waals surface area contributed by atoms with Gasteiger partial charge in [0.2, 0.25) is 0 Å². The molecule has 0 amide bonds. The first-order valence-corrected chi connectivity index (χ1v) is 9.65. The summed E-state index contributed by atoms with van der Waals surface area (Å²) in [4.78, 5) is 0. The van der Waals surface area contributed by atoms with E-state index < -0.39 is 0 Å². The van der Waals surface area contributed by atoms with Crippen LogP contribution in [0.4, 0.5) is 0 Å². The van der Waals surface area contributed by atoms with E-state index in [4.69, 9.17) is 4.74 Å². The molecular weight excluding hydrogens is 384 g/mol. The summed E-state index contributed by atoms with van der Waals surface area (Å²) in [5.41, 5.74) is 6.11. The molecule has 2 heteroatoms. The van der Waals surface area contributed by atoms with Gasteiger partial charge >= 0.3 is 0 Å². The monoisotopic (exact) mass is 404 g/mol. The molecule has 1 aliphatic heterocycles. The number of rotatable bonds is 2. The number of benzene rings is 2. The van der Waals surface area contributed by atoms with Gasteiger partial charge in [0.15, 0.2) is 0 Å². The SMILES string of the molecule is C=C/C=C1\CC(C)=C(/C=C\C)C12c1ccccc1Oc1c(Br)cccc12. The van der Waals surface area contributed by atoms with E-state index in [0.717, 1.165) is 22.4 Å². The number of fused-ring (bicyclic) bond motifs is 4. The van der Waals surface area contributed by atoms with Crippen LogP contribution in [0.5, 0.6) is 11.5 Å². The first-order valence-electron chi connectivity index (χ1n) is 8.86. The Labute approximate surface area is 163 Å². The molecule has 2 aromatic rings. The highest BCUT2D eigenvalue weighted by atomic mass is 79.9. The van der Waals surface area contributed by atoms with Gasteiger partial charge in [0.05, 0.1) is 9.89 Å². The first-order chi connectivity index (χ1) is 12.6. The zero-order chi connectivity index (χ0) is 18.3. The van der Waals surface area contributed by atoms with E-state index in [2.05, 4.69) is 84.9 Å². The molecule has 1 atom stereocenters. The number of hydrogen-bond acceptors (Lipinski definition) is 1. The molecule has 1 nitrogen and oxygen atoms in total. The van der Waals surface area contributed by atoms with E-state index >= 15 is 0 Å². The van der Waals surface area contributed by atoms with Gasteiger partial charge in [-0.2, -0.15) is 0 Å². The van der Waals surface area contributed by atoms with E-state index in [1.165, 1.54) is 27.8 Å². The van der Waals surface area contributed by atoms with Crippen molar-refractivity contribution in [1.29, 1.82) is 0 Å². The van der Waals surface area contributed by atoms with E-state index in [1.807, 2.05) is 18.2 Å². The van der Waals surface area contributed by atoms with Crippen molar-refractivity contribution in [3.63, 3.8) is 0 Å². The Kier molecular flexibility index (Phi) is 4.24. The van der Waals surface area contributed by atoms with E-state index in [0.29, 0.717) is 0 Å². The lowest BCUT2D eigenvalue weighted by Gasteiger charge is -2.40. The van der Waals surface area contributed by atoms with Crippen LogP contribution >= 0.6 is 15.9 Å². The number of ether oxygens (including phenoxy) is 1. The third-order valence-electron chi connectivity index (χ3n) is 5.33. The van der Waals surface area contributed by atoms with Gasteiger partial charge in [0.25, 0.3) is 0 Å². The predicted molar refractivity (Wildman–Crippen MR) is 112 cm³/mol. The maximum atomic E-state index is 6.34. The minimum atomic E-state index is -0.335. The molecule has 0 fully saturated rings. The largest absolute Gasteiger partial charge is 0.455 e. The van der Waals surface area contributed by atoms with Crippen LogP contribution in [0.25, 0.3) is 0 Å². The highest BCUT2D eigenvalue weighted by Gasteiger charge is 2.50. The summed E-state index contributed by atoms with van der Waals surface area (Å²) < 4.78 is 7.31. The normalized spacial score (nSPS) is 22.7. The van der Waals surface area contributed by atoms with Gasteiger partial charge in [0, 0.05) is 11.1 Å². The van der Waals surface area contributed by atoms with Crippen LogP contribution in [-0.2, 0) is 5.41 Å². The number of allylic oxidation sites excluding steroid dienone is 7. The first kappa shape index (κ1) is 17.1. The summed E-state index contributed by atoms with van der Waals surface area (Å²) in [5.74, 6) is 1.82. The fourth-order valence-electron chi connectivity index (χ4n) is 4.43. The van der Waals surface area contributed by atoms with Gasteiger partial charge < -0.3 is 4.74 Å². The molecule has 130 valence electrons. The van der Waals surface area contributed by atoms with Crippen molar-refractivity contribution >= 4 is 15.9 Å². The second-order valence-electron chi connectivity index (χ2n) is 6.76. The summed E-state index contributed by atoms with van der Waals surface area (Å²) in [6.45, 7) is 8.29. The molecular formula is C24H21BrO. The van der Waals surface area contributed by atoms with Crippen LogP contribution < -0.4 is 4.74 Å². The summed E-state index contributed by atoms with van der Waals surface area (Å²) in [5, 5.41) is 0. The molecule has 2 aromatic carbocycles. The third-order valence-corrected chi connectivity index (χ3v) is 5.95. The Morgan fingerprint density at radius 2 is 1.88 bits per heavy atom. The Balaban J connectivity index is 2.19.